The first-order chi connectivity index (χ1) is 9.92. The third-order valence-corrected chi connectivity index (χ3v) is 3.69. The van der Waals surface area contributed by atoms with E-state index in [0.717, 1.165) is 12.3 Å². The zero-order valence-electron chi connectivity index (χ0n) is 12.8. The number of nitrogens with one attached hydrogen (secondary N) is 1. The van der Waals surface area contributed by atoms with E-state index >= 15 is 0 Å². The van der Waals surface area contributed by atoms with Crippen LogP contribution in [0.4, 0.5) is 0 Å². The lowest BCUT2D eigenvalue weighted by Crippen LogP contribution is -2.35. The van der Waals surface area contributed by atoms with Crippen LogP contribution >= 0.6 is 22.6 Å². The van der Waals surface area contributed by atoms with Crippen molar-refractivity contribution in [2.45, 2.75) is 39.5 Å². The van der Waals surface area contributed by atoms with Crippen LogP contribution in [0.15, 0.2) is 48.5 Å². The predicted octanol–water partition coefficient (Wildman–Crippen LogP) is 4.76. The lowest BCUT2D eigenvalue weighted by Gasteiger charge is -2.20. The minimum absolute atomic E-state index is 0.132. The molecule has 0 spiro atoms. The molecule has 2 rings (SSSR count). The van der Waals surface area contributed by atoms with Crippen LogP contribution in [0, 0.1) is 3.57 Å². The Balaban J connectivity index is 1.95. The third-order valence-electron chi connectivity index (χ3n) is 3.02. The van der Waals surface area contributed by atoms with Gasteiger partial charge >= 0.3 is 0 Å². The summed E-state index contributed by atoms with van der Waals surface area (Å²) in [6.45, 7) is 8.01. The van der Waals surface area contributed by atoms with E-state index in [2.05, 4.69) is 79.0 Å². The largest absolute Gasteiger partial charge is 0.489 e. The lowest BCUT2D eigenvalue weighted by atomic mass is 10.1. The summed E-state index contributed by atoms with van der Waals surface area (Å²) in [5.41, 5.74) is 2.61. The van der Waals surface area contributed by atoms with Crippen LogP contribution in [0.1, 0.15) is 31.9 Å². The minimum Gasteiger partial charge on any atom is -0.489 e. The molecule has 2 nitrogen and oxygen atoms in total. The van der Waals surface area contributed by atoms with Gasteiger partial charge in [0, 0.05) is 15.7 Å². The van der Waals surface area contributed by atoms with Crippen LogP contribution in [-0.4, -0.2) is 5.54 Å². The second-order valence-electron chi connectivity index (χ2n) is 6.17. The van der Waals surface area contributed by atoms with Gasteiger partial charge in [0.15, 0.2) is 0 Å². The molecule has 1 N–H and O–H groups in total. The zero-order chi connectivity index (χ0) is 15.3. The fourth-order valence-corrected chi connectivity index (χ4v) is 2.43. The van der Waals surface area contributed by atoms with Gasteiger partial charge < -0.3 is 10.1 Å². The van der Waals surface area contributed by atoms with Gasteiger partial charge in [0.25, 0.3) is 0 Å². The summed E-state index contributed by atoms with van der Waals surface area (Å²) in [6.07, 6.45) is 0. The van der Waals surface area contributed by atoms with Gasteiger partial charge in [0.2, 0.25) is 0 Å². The van der Waals surface area contributed by atoms with Crippen molar-refractivity contribution in [2.75, 3.05) is 0 Å². The molecule has 0 bridgehead atoms. The van der Waals surface area contributed by atoms with Gasteiger partial charge in [-0.25, -0.2) is 0 Å². The van der Waals surface area contributed by atoms with Crippen LogP contribution in [0.3, 0.4) is 0 Å². The number of rotatable bonds is 5. The van der Waals surface area contributed by atoms with Crippen molar-refractivity contribution < 1.29 is 4.74 Å². The van der Waals surface area contributed by atoms with Gasteiger partial charge in [-0.1, -0.05) is 30.3 Å². The van der Waals surface area contributed by atoms with Crippen molar-refractivity contribution in [1.82, 2.24) is 5.32 Å². The van der Waals surface area contributed by atoms with Crippen molar-refractivity contribution in [3.63, 3.8) is 0 Å². The Hall–Kier alpha value is -1.07. The van der Waals surface area contributed by atoms with E-state index in [0.29, 0.717) is 6.61 Å². The van der Waals surface area contributed by atoms with Gasteiger partial charge in [0.1, 0.15) is 12.4 Å². The Kier molecular flexibility index (Phi) is 5.65. The molecule has 0 atom stereocenters. The first-order valence-electron chi connectivity index (χ1n) is 7.14. The number of hydrogen-bond acceptors (Lipinski definition) is 2. The average Bonchev–Trinajstić information content (AvgIpc) is 2.43. The fraction of sp³-hybridized carbons (Fsp3) is 0.333. The minimum atomic E-state index is 0.132. The van der Waals surface area contributed by atoms with Crippen LogP contribution in [0.5, 0.6) is 5.75 Å². The lowest BCUT2D eigenvalue weighted by molar-refractivity contribution is 0.306. The summed E-state index contributed by atoms with van der Waals surface area (Å²) in [5.74, 6) is 0.917. The molecule has 0 heterocycles. The maximum Gasteiger partial charge on any atom is 0.120 e. The molecule has 2 aromatic rings. The third kappa shape index (κ3) is 6.06. The van der Waals surface area contributed by atoms with Crippen molar-refractivity contribution >= 4 is 22.6 Å². The molecule has 0 fully saturated rings. The summed E-state index contributed by atoms with van der Waals surface area (Å²) in [4.78, 5) is 0. The van der Waals surface area contributed by atoms with E-state index in [4.69, 9.17) is 4.74 Å². The normalized spacial score (nSPS) is 11.4. The molecule has 0 unspecified atom stereocenters. The number of benzene rings is 2. The van der Waals surface area contributed by atoms with Crippen LogP contribution in [0.25, 0.3) is 0 Å². The van der Waals surface area contributed by atoms with Gasteiger partial charge in [-0.15, -0.1) is 0 Å². The summed E-state index contributed by atoms with van der Waals surface area (Å²) in [5, 5.41) is 3.50. The standard InChI is InChI=1S/C18H22INO/c1-18(2,3)20-12-14-6-4-7-15(10-14)13-21-17-9-5-8-16(19)11-17/h4-11,20H,12-13H2,1-3H3. The SMILES string of the molecule is CC(C)(C)NCc1cccc(COc2cccc(I)c2)c1. The predicted molar refractivity (Wildman–Crippen MR) is 96.5 cm³/mol. The number of ether oxygens (including phenoxy) is 1. The molecule has 0 radical (unpaired) electrons. The number of hydrogen-bond donors (Lipinski definition) is 1. The Bertz CT molecular complexity index is 590. The molecule has 0 saturated heterocycles. The van der Waals surface area contributed by atoms with E-state index < -0.39 is 0 Å². The first-order valence-corrected chi connectivity index (χ1v) is 8.21. The fourth-order valence-electron chi connectivity index (χ4n) is 1.92. The van der Waals surface area contributed by atoms with Gasteiger partial charge in [0.05, 0.1) is 0 Å². The summed E-state index contributed by atoms with van der Waals surface area (Å²) in [7, 11) is 0. The summed E-state index contributed by atoms with van der Waals surface area (Å²) < 4.78 is 7.04. The molecule has 2 aromatic carbocycles. The Morgan fingerprint density at radius 2 is 1.71 bits per heavy atom. The molecular weight excluding hydrogens is 373 g/mol. The van der Waals surface area contributed by atoms with E-state index in [9.17, 15) is 0 Å². The monoisotopic (exact) mass is 395 g/mol. The highest BCUT2D eigenvalue weighted by Gasteiger charge is 2.08. The summed E-state index contributed by atoms with van der Waals surface area (Å²) >= 11 is 2.30. The average molecular weight is 395 g/mol. The number of halogens is 1. The molecule has 0 aliphatic rings. The van der Waals surface area contributed by atoms with E-state index in [1.54, 1.807) is 0 Å². The molecule has 3 heteroatoms. The molecule has 112 valence electrons. The van der Waals surface area contributed by atoms with Crippen LogP contribution < -0.4 is 10.1 Å². The van der Waals surface area contributed by atoms with Crippen molar-refractivity contribution in [2.24, 2.45) is 0 Å². The first kappa shape index (κ1) is 16.3. The molecule has 0 aliphatic carbocycles. The molecule has 0 aromatic heterocycles. The smallest absolute Gasteiger partial charge is 0.120 e. The highest BCUT2D eigenvalue weighted by atomic mass is 127. The molecule has 0 saturated carbocycles. The van der Waals surface area contributed by atoms with Crippen molar-refractivity contribution in [1.29, 1.82) is 0 Å². The molecule has 21 heavy (non-hydrogen) atoms. The quantitative estimate of drug-likeness (QED) is 0.738. The van der Waals surface area contributed by atoms with E-state index in [-0.39, 0.29) is 5.54 Å². The van der Waals surface area contributed by atoms with Gasteiger partial charge in [-0.2, -0.15) is 0 Å². The highest BCUT2D eigenvalue weighted by molar-refractivity contribution is 14.1. The van der Waals surface area contributed by atoms with Crippen molar-refractivity contribution in [3.05, 3.63) is 63.2 Å². The van der Waals surface area contributed by atoms with Crippen LogP contribution in [-0.2, 0) is 13.2 Å². The van der Waals surface area contributed by atoms with E-state index in [1.165, 1.54) is 14.7 Å². The summed E-state index contributed by atoms with van der Waals surface area (Å²) in [6, 6.07) is 16.7. The van der Waals surface area contributed by atoms with Gasteiger partial charge in [-0.3, -0.25) is 0 Å². The highest BCUT2D eigenvalue weighted by Crippen LogP contribution is 2.17. The maximum atomic E-state index is 5.85. The van der Waals surface area contributed by atoms with Crippen LogP contribution in [0.2, 0.25) is 0 Å². The maximum absolute atomic E-state index is 5.85. The van der Waals surface area contributed by atoms with Gasteiger partial charge in [-0.05, 0) is 72.7 Å². The molecule has 0 aliphatic heterocycles. The second-order valence-corrected chi connectivity index (χ2v) is 7.42. The topological polar surface area (TPSA) is 21.3 Å². The Morgan fingerprint density at radius 1 is 1.00 bits per heavy atom. The van der Waals surface area contributed by atoms with Crippen molar-refractivity contribution in [3.8, 4) is 5.75 Å². The Morgan fingerprint density at radius 3 is 2.43 bits per heavy atom. The molecule has 0 amide bonds. The zero-order valence-corrected chi connectivity index (χ0v) is 15.0. The second kappa shape index (κ2) is 7.27. The molecular formula is C18H22INO. The Labute approximate surface area is 141 Å². The van der Waals surface area contributed by atoms with E-state index in [1.807, 2.05) is 18.2 Å².